The first-order valence-corrected chi connectivity index (χ1v) is 8.34. The molecule has 0 saturated carbocycles. The number of carbonyl (C=O) groups is 2. The summed E-state index contributed by atoms with van der Waals surface area (Å²) in [6.45, 7) is 7.04. The van der Waals surface area contributed by atoms with Crippen LogP contribution in [0.25, 0.3) is 0 Å². The third-order valence-electron chi connectivity index (χ3n) is 4.02. The fraction of sp³-hybridized carbons (Fsp3) is 0.556. The molecule has 0 spiro atoms. The summed E-state index contributed by atoms with van der Waals surface area (Å²) in [7, 11) is 0. The fourth-order valence-electron chi connectivity index (χ4n) is 3.17. The Hall–Kier alpha value is -1.88. The molecule has 1 aromatic carbocycles. The van der Waals surface area contributed by atoms with Crippen LogP contribution in [0.15, 0.2) is 30.3 Å². The Balaban J connectivity index is 2.19. The number of piperidine rings is 1. The number of hydrogen-bond donors (Lipinski definition) is 2. The van der Waals surface area contributed by atoms with Crippen LogP contribution in [-0.2, 0) is 9.59 Å². The fourth-order valence-corrected chi connectivity index (χ4v) is 3.17. The molecule has 2 atom stereocenters. The first kappa shape index (κ1) is 17.5. The standard InChI is InChI=1S/C18H27N3O2/c1-13(2)19-18(23)17(15-8-5-4-6-9-15)21-11-7-10-16(12-21)20-14(3)22/h4-6,8-9,13,16-17H,7,10-12H2,1-3H3,(H,19,23)(H,20,22)/t16-,17-/m1/s1. The molecule has 0 bridgehead atoms. The molecule has 0 radical (unpaired) electrons. The van der Waals surface area contributed by atoms with Crippen molar-refractivity contribution in [3.63, 3.8) is 0 Å². The van der Waals surface area contributed by atoms with Gasteiger partial charge in [-0.3, -0.25) is 14.5 Å². The number of nitrogens with one attached hydrogen (secondary N) is 2. The molecule has 1 aliphatic heterocycles. The van der Waals surface area contributed by atoms with E-state index in [1.165, 1.54) is 0 Å². The summed E-state index contributed by atoms with van der Waals surface area (Å²) >= 11 is 0. The second-order valence-electron chi connectivity index (χ2n) is 6.51. The number of benzene rings is 1. The maximum Gasteiger partial charge on any atom is 0.242 e. The first-order valence-electron chi connectivity index (χ1n) is 8.34. The third-order valence-corrected chi connectivity index (χ3v) is 4.02. The summed E-state index contributed by atoms with van der Waals surface area (Å²) in [5, 5.41) is 6.01. The molecule has 2 amide bonds. The first-order chi connectivity index (χ1) is 11.0. The van der Waals surface area contributed by atoms with Gasteiger partial charge in [-0.05, 0) is 38.8 Å². The van der Waals surface area contributed by atoms with E-state index in [0.717, 1.165) is 24.9 Å². The van der Waals surface area contributed by atoms with E-state index in [4.69, 9.17) is 0 Å². The van der Waals surface area contributed by atoms with Gasteiger partial charge in [0.2, 0.25) is 11.8 Å². The monoisotopic (exact) mass is 317 g/mol. The van der Waals surface area contributed by atoms with Crippen molar-refractivity contribution in [2.24, 2.45) is 0 Å². The molecule has 5 nitrogen and oxygen atoms in total. The molecular weight excluding hydrogens is 290 g/mol. The number of amides is 2. The average Bonchev–Trinajstić information content (AvgIpc) is 2.47. The molecule has 0 aromatic heterocycles. The molecular formula is C18H27N3O2. The van der Waals surface area contributed by atoms with Crippen LogP contribution in [0.3, 0.4) is 0 Å². The summed E-state index contributed by atoms with van der Waals surface area (Å²) < 4.78 is 0. The van der Waals surface area contributed by atoms with E-state index in [2.05, 4.69) is 15.5 Å². The average molecular weight is 317 g/mol. The molecule has 2 N–H and O–H groups in total. The van der Waals surface area contributed by atoms with Crippen LogP contribution in [0.2, 0.25) is 0 Å². The van der Waals surface area contributed by atoms with Crippen LogP contribution in [-0.4, -0.2) is 41.9 Å². The van der Waals surface area contributed by atoms with Gasteiger partial charge in [-0.25, -0.2) is 0 Å². The Morgan fingerprint density at radius 1 is 1.22 bits per heavy atom. The Labute approximate surface area is 138 Å². The minimum atomic E-state index is -0.310. The SMILES string of the molecule is CC(=O)N[C@@H]1CCCN([C@@H](C(=O)NC(C)C)c2ccccc2)C1. The topological polar surface area (TPSA) is 61.4 Å². The lowest BCUT2D eigenvalue weighted by molar-refractivity contribution is -0.127. The zero-order valence-electron chi connectivity index (χ0n) is 14.2. The summed E-state index contributed by atoms with van der Waals surface area (Å²) in [5.74, 6) is 0.00872. The molecule has 23 heavy (non-hydrogen) atoms. The molecule has 1 heterocycles. The van der Waals surface area contributed by atoms with Crippen molar-refractivity contribution in [2.75, 3.05) is 13.1 Å². The third kappa shape index (κ3) is 5.06. The highest BCUT2D eigenvalue weighted by atomic mass is 16.2. The van der Waals surface area contributed by atoms with Crippen molar-refractivity contribution in [3.8, 4) is 0 Å². The maximum absolute atomic E-state index is 12.7. The van der Waals surface area contributed by atoms with Crippen molar-refractivity contribution in [2.45, 2.75) is 51.7 Å². The normalized spacial score (nSPS) is 20.1. The van der Waals surface area contributed by atoms with E-state index in [9.17, 15) is 9.59 Å². The second-order valence-corrected chi connectivity index (χ2v) is 6.51. The highest BCUT2D eigenvalue weighted by Gasteiger charge is 2.32. The number of rotatable bonds is 5. The quantitative estimate of drug-likeness (QED) is 0.871. The van der Waals surface area contributed by atoms with Gasteiger partial charge in [-0.1, -0.05) is 30.3 Å². The van der Waals surface area contributed by atoms with Gasteiger partial charge in [0.05, 0.1) is 0 Å². The van der Waals surface area contributed by atoms with Gasteiger partial charge >= 0.3 is 0 Å². The molecule has 0 aliphatic carbocycles. The number of carbonyl (C=O) groups excluding carboxylic acids is 2. The van der Waals surface area contributed by atoms with Crippen LogP contribution >= 0.6 is 0 Å². The van der Waals surface area contributed by atoms with E-state index in [0.29, 0.717) is 6.54 Å². The van der Waals surface area contributed by atoms with Crippen molar-refractivity contribution >= 4 is 11.8 Å². The van der Waals surface area contributed by atoms with Gasteiger partial charge in [0.1, 0.15) is 6.04 Å². The van der Waals surface area contributed by atoms with Gasteiger partial charge in [-0.15, -0.1) is 0 Å². The van der Waals surface area contributed by atoms with E-state index in [1.807, 2.05) is 44.2 Å². The lowest BCUT2D eigenvalue weighted by Gasteiger charge is -2.38. The Bertz CT molecular complexity index is 530. The number of likely N-dealkylation sites (tertiary alicyclic amines) is 1. The van der Waals surface area contributed by atoms with Crippen LogP contribution < -0.4 is 10.6 Å². The van der Waals surface area contributed by atoms with E-state index >= 15 is 0 Å². The smallest absolute Gasteiger partial charge is 0.242 e. The van der Waals surface area contributed by atoms with E-state index in [1.54, 1.807) is 6.92 Å². The molecule has 1 aromatic rings. The van der Waals surface area contributed by atoms with Crippen molar-refractivity contribution in [1.29, 1.82) is 0 Å². The number of hydrogen-bond acceptors (Lipinski definition) is 3. The van der Waals surface area contributed by atoms with Gasteiger partial charge in [0.25, 0.3) is 0 Å². The zero-order valence-corrected chi connectivity index (χ0v) is 14.2. The van der Waals surface area contributed by atoms with Crippen LogP contribution in [0, 0.1) is 0 Å². The zero-order chi connectivity index (χ0) is 16.8. The van der Waals surface area contributed by atoms with Gasteiger partial charge in [0, 0.05) is 25.6 Å². The van der Waals surface area contributed by atoms with Crippen molar-refractivity contribution in [1.82, 2.24) is 15.5 Å². The van der Waals surface area contributed by atoms with Crippen LogP contribution in [0.1, 0.15) is 45.2 Å². The molecule has 126 valence electrons. The summed E-state index contributed by atoms with van der Waals surface area (Å²) in [6, 6.07) is 9.76. The molecule has 1 saturated heterocycles. The molecule has 1 fully saturated rings. The number of nitrogens with zero attached hydrogens (tertiary/aromatic N) is 1. The highest BCUT2D eigenvalue weighted by Crippen LogP contribution is 2.25. The van der Waals surface area contributed by atoms with Crippen molar-refractivity contribution < 1.29 is 9.59 Å². The molecule has 0 unspecified atom stereocenters. The Kier molecular flexibility index (Phi) is 6.16. The lowest BCUT2D eigenvalue weighted by atomic mass is 9.98. The largest absolute Gasteiger partial charge is 0.352 e. The maximum atomic E-state index is 12.7. The predicted octanol–water partition coefficient (Wildman–Crippen LogP) is 1.85. The summed E-state index contributed by atoms with van der Waals surface area (Å²) in [5.41, 5.74) is 0.995. The molecule has 1 aliphatic rings. The summed E-state index contributed by atoms with van der Waals surface area (Å²) in [4.78, 5) is 26.2. The highest BCUT2D eigenvalue weighted by molar-refractivity contribution is 5.83. The van der Waals surface area contributed by atoms with Crippen molar-refractivity contribution in [3.05, 3.63) is 35.9 Å². The minimum absolute atomic E-state index is 0.0141. The Morgan fingerprint density at radius 3 is 2.52 bits per heavy atom. The van der Waals surface area contributed by atoms with Gasteiger partial charge in [0.15, 0.2) is 0 Å². The van der Waals surface area contributed by atoms with Crippen LogP contribution in [0.4, 0.5) is 0 Å². The molecule has 5 heteroatoms. The Morgan fingerprint density at radius 2 is 1.91 bits per heavy atom. The minimum Gasteiger partial charge on any atom is -0.352 e. The lowest BCUT2D eigenvalue weighted by Crippen LogP contribution is -2.51. The van der Waals surface area contributed by atoms with Crippen LogP contribution in [0.5, 0.6) is 0 Å². The second kappa shape index (κ2) is 8.11. The molecule has 2 rings (SSSR count). The summed E-state index contributed by atoms with van der Waals surface area (Å²) in [6.07, 6.45) is 1.94. The van der Waals surface area contributed by atoms with E-state index in [-0.39, 0.29) is 29.9 Å². The predicted molar refractivity (Wildman–Crippen MR) is 90.9 cm³/mol. The van der Waals surface area contributed by atoms with Gasteiger partial charge < -0.3 is 10.6 Å². The van der Waals surface area contributed by atoms with Gasteiger partial charge in [-0.2, -0.15) is 0 Å². The van der Waals surface area contributed by atoms with E-state index < -0.39 is 0 Å².